The largest absolute Gasteiger partial charge is 0.455 e. The van der Waals surface area contributed by atoms with Gasteiger partial charge < -0.3 is 9.26 Å². The molecule has 0 radical (unpaired) electrons. The lowest BCUT2D eigenvalue weighted by Gasteiger charge is -2.18. The van der Waals surface area contributed by atoms with Gasteiger partial charge in [0, 0.05) is 24.7 Å². The number of nitrogens with zero attached hydrogens (tertiary/aromatic N) is 2. The van der Waals surface area contributed by atoms with Crippen molar-refractivity contribution in [1.29, 1.82) is 0 Å². The van der Waals surface area contributed by atoms with Crippen LogP contribution in [0.4, 0.5) is 0 Å². The van der Waals surface area contributed by atoms with Gasteiger partial charge >= 0.3 is 5.97 Å². The third kappa shape index (κ3) is 4.72. The lowest BCUT2D eigenvalue weighted by Crippen LogP contribution is -2.30. The SMILES string of the molecule is CCN(CC)S(=O)(=O)c1ccc(C(=O)OCc2cc(-c3ccccc3)on2)cc1. The Balaban J connectivity index is 1.64. The van der Waals surface area contributed by atoms with Crippen LogP contribution in [0.5, 0.6) is 0 Å². The summed E-state index contributed by atoms with van der Waals surface area (Å²) in [4.78, 5) is 12.4. The molecule has 0 aliphatic heterocycles. The highest BCUT2D eigenvalue weighted by Gasteiger charge is 2.22. The highest BCUT2D eigenvalue weighted by molar-refractivity contribution is 7.89. The maximum atomic E-state index is 12.5. The van der Waals surface area contributed by atoms with Gasteiger partial charge in [0.2, 0.25) is 10.0 Å². The fraction of sp³-hybridized carbons (Fsp3) is 0.238. The van der Waals surface area contributed by atoms with Crippen LogP contribution in [-0.4, -0.2) is 36.9 Å². The summed E-state index contributed by atoms with van der Waals surface area (Å²) in [5.74, 6) is 0.0173. The van der Waals surface area contributed by atoms with E-state index >= 15 is 0 Å². The van der Waals surface area contributed by atoms with Crippen LogP contribution in [0.25, 0.3) is 11.3 Å². The van der Waals surface area contributed by atoms with Gasteiger partial charge in [-0.1, -0.05) is 49.3 Å². The molecule has 29 heavy (non-hydrogen) atoms. The Bertz CT molecular complexity index is 1060. The van der Waals surface area contributed by atoms with E-state index in [1.165, 1.54) is 28.6 Å². The zero-order valence-electron chi connectivity index (χ0n) is 16.2. The van der Waals surface area contributed by atoms with Gasteiger partial charge in [0.05, 0.1) is 10.5 Å². The smallest absolute Gasteiger partial charge is 0.338 e. The molecule has 0 unspecified atom stereocenters. The molecule has 3 aromatic rings. The number of benzene rings is 2. The number of esters is 1. The Morgan fingerprint density at radius 2 is 1.69 bits per heavy atom. The van der Waals surface area contributed by atoms with E-state index in [4.69, 9.17) is 9.26 Å². The molecular formula is C21H22N2O5S. The van der Waals surface area contributed by atoms with Crippen molar-refractivity contribution in [3.8, 4) is 11.3 Å². The lowest BCUT2D eigenvalue weighted by atomic mass is 10.2. The molecule has 0 atom stereocenters. The second-order valence-electron chi connectivity index (χ2n) is 6.24. The second kappa shape index (κ2) is 9.02. The maximum Gasteiger partial charge on any atom is 0.338 e. The van der Waals surface area contributed by atoms with Crippen molar-refractivity contribution in [3.63, 3.8) is 0 Å². The minimum absolute atomic E-state index is 0.0470. The van der Waals surface area contributed by atoms with Crippen molar-refractivity contribution in [2.45, 2.75) is 25.3 Å². The van der Waals surface area contributed by atoms with Gasteiger partial charge in [-0.25, -0.2) is 13.2 Å². The van der Waals surface area contributed by atoms with Gasteiger partial charge in [0.1, 0.15) is 12.3 Å². The monoisotopic (exact) mass is 414 g/mol. The summed E-state index contributed by atoms with van der Waals surface area (Å²) >= 11 is 0. The van der Waals surface area contributed by atoms with Crippen molar-refractivity contribution < 1.29 is 22.5 Å². The van der Waals surface area contributed by atoms with E-state index in [0.29, 0.717) is 24.5 Å². The van der Waals surface area contributed by atoms with E-state index in [9.17, 15) is 13.2 Å². The predicted molar refractivity (Wildman–Crippen MR) is 108 cm³/mol. The third-order valence-corrected chi connectivity index (χ3v) is 6.47. The van der Waals surface area contributed by atoms with Gasteiger partial charge in [-0.3, -0.25) is 0 Å². The molecule has 2 aromatic carbocycles. The van der Waals surface area contributed by atoms with Crippen LogP contribution in [-0.2, 0) is 21.4 Å². The summed E-state index contributed by atoms with van der Waals surface area (Å²) in [5, 5.41) is 3.91. The molecule has 0 bridgehead atoms. The van der Waals surface area contributed by atoms with E-state index in [2.05, 4.69) is 5.16 Å². The molecular weight excluding hydrogens is 392 g/mol. The predicted octanol–water partition coefficient (Wildman–Crippen LogP) is 3.73. The molecule has 3 rings (SSSR count). The zero-order valence-corrected chi connectivity index (χ0v) is 17.1. The molecule has 0 aliphatic carbocycles. The average Bonchev–Trinajstić information content (AvgIpc) is 3.22. The Kier molecular flexibility index (Phi) is 6.46. The molecule has 1 heterocycles. The minimum Gasteiger partial charge on any atom is -0.455 e. The number of carbonyl (C=O) groups is 1. The second-order valence-corrected chi connectivity index (χ2v) is 8.18. The van der Waals surface area contributed by atoms with Crippen LogP contribution in [0.15, 0.2) is 70.1 Å². The van der Waals surface area contributed by atoms with Crippen molar-refractivity contribution in [2.75, 3.05) is 13.1 Å². The number of sulfonamides is 1. The molecule has 0 saturated carbocycles. The third-order valence-electron chi connectivity index (χ3n) is 4.40. The van der Waals surface area contributed by atoms with Gasteiger partial charge in [0.25, 0.3) is 0 Å². The average molecular weight is 414 g/mol. The first-order chi connectivity index (χ1) is 14.0. The van der Waals surface area contributed by atoms with Crippen LogP contribution in [0.1, 0.15) is 29.9 Å². The Morgan fingerprint density at radius 3 is 2.31 bits per heavy atom. The standard InChI is InChI=1S/C21H22N2O5S/c1-3-23(4-2)29(25,26)19-12-10-17(11-13-19)21(24)27-15-18-14-20(28-22-18)16-8-6-5-7-9-16/h5-14H,3-4,15H2,1-2H3. The summed E-state index contributed by atoms with van der Waals surface area (Å²) in [6, 6.07) is 16.9. The Labute approximate surface area is 169 Å². The van der Waals surface area contributed by atoms with E-state index in [-0.39, 0.29) is 17.1 Å². The molecule has 8 heteroatoms. The molecule has 0 saturated heterocycles. The molecule has 0 spiro atoms. The minimum atomic E-state index is -3.56. The fourth-order valence-electron chi connectivity index (χ4n) is 2.82. The summed E-state index contributed by atoms with van der Waals surface area (Å²) in [5.41, 5.74) is 1.62. The topological polar surface area (TPSA) is 89.7 Å². The van der Waals surface area contributed by atoms with Crippen molar-refractivity contribution >= 4 is 16.0 Å². The summed E-state index contributed by atoms with van der Waals surface area (Å²) < 4.78 is 36.9. The Hall–Kier alpha value is -2.97. The summed E-state index contributed by atoms with van der Waals surface area (Å²) in [6.07, 6.45) is 0. The van der Waals surface area contributed by atoms with E-state index in [1.807, 2.05) is 30.3 Å². The van der Waals surface area contributed by atoms with E-state index in [0.717, 1.165) is 5.56 Å². The molecule has 1 aromatic heterocycles. The quantitative estimate of drug-likeness (QED) is 0.522. The summed E-state index contributed by atoms with van der Waals surface area (Å²) in [6.45, 7) is 4.27. The molecule has 7 nitrogen and oxygen atoms in total. The van der Waals surface area contributed by atoms with Gasteiger partial charge in [-0.2, -0.15) is 4.31 Å². The van der Waals surface area contributed by atoms with Crippen molar-refractivity contribution in [1.82, 2.24) is 9.46 Å². The van der Waals surface area contributed by atoms with E-state index < -0.39 is 16.0 Å². The first-order valence-corrected chi connectivity index (χ1v) is 10.7. The van der Waals surface area contributed by atoms with Crippen LogP contribution < -0.4 is 0 Å². The molecule has 0 amide bonds. The van der Waals surface area contributed by atoms with Crippen LogP contribution in [0.2, 0.25) is 0 Å². The van der Waals surface area contributed by atoms with Crippen LogP contribution >= 0.6 is 0 Å². The van der Waals surface area contributed by atoms with Gasteiger partial charge in [-0.05, 0) is 24.3 Å². The van der Waals surface area contributed by atoms with Crippen molar-refractivity contribution in [3.05, 3.63) is 71.9 Å². The first kappa shape index (κ1) is 20.8. The summed E-state index contributed by atoms with van der Waals surface area (Å²) in [7, 11) is -3.56. The molecule has 0 fully saturated rings. The Morgan fingerprint density at radius 1 is 1.03 bits per heavy atom. The molecule has 0 aliphatic rings. The number of hydrogen-bond acceptors (Lipinski definition) is 6. The first-order valence-electron chi connectivity index (χ1n) is 9.24. The van der Waals surface area contributed by atoms with Crippen LogP contribution in [0, 0.1) is 0 Å². The number of hydrogen-bond donors (Lipinski definition) is 0. The van der Waals surface area contributed by atoms with Gasteiger partial charge in [-0.15, -0.1) is 0 Å². The number of rotatable bonds is 8. The van der Waals surface area contributed by atoms with Gasteiger partial charge in [0.15, 0.2) is 5.76 Å². The lowest BCUT2D eigenvalue weighted by molar-refractivity contribution is 0.0464. The van der Waals surface area contributed by atoms with Crippen LogP contribution in [0.3, 0.4) is 0 Å². The highest BCUT2D eigenvalue weighted by atomic mass is 32.2. The maximum absolute atomic E-state index is 12.5. The zero-order chi connectivity index (χ0) is 20.9. The van der Waals surface area contributed by atoms with E-state index in [1.54, 1.807) is 19.9 Å². The number of carbonyl (C=O) groups excluding carboxylic acids is 1. The number of aromatic nitrogens is 1. The fourth-order valence-corrected chi connectivity index (χ4v) is 4.27. The molecule has 152 valence electrons. The number of ether oxygens (including phenoxy) is 1. The highest BCUT2D eigenvalue weighted by Crippen LogP contribution is 2.21. The van der Waals surface area contributed by atoms with Crippen molar-refractivity contribution in [2.24, 2.45) is 0 Å². The molecule has 0 N–H and O–H groups in total. The normalized spacial score (nSPS) is 11.6.